The van der Waals surface area contributed by atoms with Gasteiger partial charge in [-0.2, -0.15) is 0 Å². The fraction of sp³-hybridized carbons (Fsp3) is 0.405. The van der Waals surface area contributed by atoms with Crippen LogP contribution in [0.25, 0.3) is 11.1 Å². The van der Waals surface area contributed by atoms with Gasteiger partial charge in [-0.3, -0.25) is 0 Å². The van der Waals surface area contributed by atoms with E-state index in [-0.39, 0.29) is 35.9 Å². The molecule has 9 rings (SSSR count). The number of aromatic carboxylic acids is 1. The number of nitrogens with one attached hydrogen (secondary N) is 2. The van der Waals surface area contributed by atoms with E-state index in [1.165, 1.54) is 31.0 Å². The van der Waals surface area contributed by atoms with Gasteiger partial charge in [-0.25, -0.2) is 14.6 Å². The van der Waals surface area contributed by atoms with Crippen molar-refractivity contribution < 1.29 is 29.3 Å². The molecule has 3 atom stereocenters. The molecule has 4 saturated carbocycles. The minimum atomic E-state index is -1.01. The van der Waals surface area contributed by atoms with Crippen molar-refractivity contribution in [2.24, 2.45) is 17.8 Å². The molecule has 9 nitrogen and oxygen atoms in total. The van der Waals surface area contributed by atoms with E-state index in [9.17, 15) is 19.8 Å². The topological polar surface area (TPSA) is 130 Å². The first kappa shape index (κ1) is 34.8. The SMILES string of the molecule is O=C(NCc1ccccc1-c1ccc(C2OC(CSc3ncccc3C(=O)O)CC(c3ccc(CO)cc3)O2)cc1)NC12CC3CC(CC(C3)C1)C2. The monoisotopic (exact) mass is 719 g/mol. The maximum absolute atomic E-state index is 13.2. The van der Waals surface area contributed by atoms with Crippen molar-refractivity contribution >= 4 is 23.8 Å². The molecule has 5 aliphatic rings. The van der Waals surface area contributed by atoms with Crippen LogP contribution < -0.4 is 10.6 Å². The summed E-state index contributed by atoms with van der Waals surface area (Å²) in [6, 6.07) is 27.2. The van der Waals surface area contributed by atoms with Gasteiger partial charge in [-0.15, -0.1) is 11.8 Å². The Balaban J connectivity index is 0.958. The Labute approximate surface area is 308 Å². The summed E-state index contributed by atoms with van der Waals surface area (Å²) in [4.78, 5) is 29.3. The molecule has 3 aromatic carbocycles. The highest BCUT2D eigenvalue weighted by Gasteiger charge is 2.51. The van der Waals surface area contributed by atoms with Gasteiger partial charge < -0.3 is 30.3 Å². The smallest absolute Gasteiger partial charge is 0.338 e. The van der Waals surface area contributed by atoms with E-state index in [0.29, 0.717) is 23.7 Å². The Kier molecular flexibility index (Phi) is 10.1. The van der Waals surface area contributed by atoms with Crippen LogP contribution in [0.15, 0.2) is 96.2 Å². The fourth-order valence-corrected chi connectivity index (χ4v) is 10.4. The van der Waals surface area contributed by atoms with Gasteiger partial charge in [0.05, 0.1) is 24.4 Å². The Hall–Kier alpha value is -4.22. The third-order valence-corrected chi connectivity index (χ3v) is 12.5. The van der Waals surface area contributed by atoms with Crippen molar-refractivity contribution in [3.05, 3.63) is 119 Å². The second kappa shape index (κ2) is 15.0. The van der Waals surface area contributed by atoms with Crippen LogP contribution in [0.1, 0.15) is 90.0 Å². The van der Waals surface area contributed by atoms with Crippen LogP contribution in [0.5, 0.6) is 0 Å². The van der Waals surface area contributed by atoms with Crippen molar-refractivity contribution in [3.63, 3.8) is 0 Å². The minimum Gasteiger partial charge on any atom is -0.478 e. The molecular weight excluding hydrogens is 675 g/mol. The molecule has 4 aliphatic carbocycles. The van der Waals surface area contributed by atoms with Crippen LogP contribution in [0.3, 0.4) is 0 Å². The molecule has 4 aromatic rings. The highest BCUT2D eigenvalue weighted by Crippen LogP contribution is 2.55. The third kappa shape index (κ3) is 7.62. The molecule has 1 aromatic heterocycles. The number of carbonyl (C=O) groups is 2. The summed E-state index contributed by atoms with van der Waals surface area (Å²) >= 11 is 1.37. The van der Waals surface area contributed by atoms with Crippen molar-refractivity contribution in [1.82, 2.24) is 15.6 Å². The van der Waals surface area contributed by atoms with Crippen molar-refractivity contribution in [1.29, 1.82) is 0 Å². The minimum absolute atomic E-state index is 0.0309. The molecule has 2 heterocycles. The zero-order valence-electron chi connectivity index (χ0n) is 29.1. The first-order valence-electron chi connectivity index (χ1n) is 18.4. The van der Waals surface area contributed by atoms with E-state index in [1.54, 1.807) is 18.3 Å². The Morgan fingerprint density at radius 1 is 0.827 bits per heavy atom. The molecule has 3 unspecified atom stereocenters. The van der Waals surface area contributed by atoms with Crippen LogP contribution in [0, 0.1) is 17.8 Å². The number of aromatic nitrogens is 1. The van der Waals surface area contributed by atoms with Crippen LogP contribution in [0.2, 0.25) is 0 Å². The van der Waals surface area contributed by atoms with Gasteiger partial charge in [0, 0.05) is 36.0 Å². The summed E-state index contributed by atoms with van der Waals surface area (Å²) < 4.78 is 13.1. The number of urea groups is 1. The molecule has 2 amide bonds. The third-order valence-electron chi connectivity index (χ3n) is 11.4. The summed E-state index contributed by atoms with van der Waals surface area (Å²) in [5.74, 6) is 1.80. The molecular formula is C42H45N3O6S. The lowest BCUT2D eigenvalue weighted by Gasteiger charge is -2.56. The number of hydrogen-bond acceptors (Lipinski definition) is 7. The highest BCUT2D eigenvalue weighted by molar-refractivity contribution is 7.99. The first-order chi connectivity index (χ1) is 25.3. The number of nitrogens with zero attached hydrogens (tertiary/aromatic N) is 1. The Bertz CT molecular complexity index is 1870. The summed E-state index contributed by atoms with van der Waals surface area (Å²) in [6.07, 6.45) is 8.40. The molecule has 0 radical (unpaired) electrons. The van der Waals surface area contributed by atoms with E-state index in [0.717, 1.165) is 70.4 Å². The maximum atomic E-state index is 13.2. The molecule has 4 N–H and O–H groups in total. The first-order valence-corrected chi connectivity index (χ1v) is 19.4. The van der Waals surface area contributed by atoms with Crippen molar-refractivity contribution in [2.45, 2.75) is 87.2 Å². The largest absolute Gasteiger partial charge is 0.478 e. The maximum Gasteiger partial charge on any atom is 0.338 e. The number of rotatable bonds is 11. The molecule has 10 heteroatoms. The molecule has 52 heavy (non-hydrogen) atoms. The average Bonchev–Trinajstić information content (AvgIpc) is 3.16. The lowest BCUT2D eigenvalue weighted by Crippen LogP contribution is -2.61. The molecule has 0 spiro atoms. The molecule has 4 bridgehead atoms. The predicted molar refractivity (Wildman–Crippen MR) is 198 cm³/mol. The van der Waals surface area contributed by atoms with E-state index >= 15 is 0 Å². The number of carboxylic acid groups (broad SMARTS) is 1. The number of carbonyl (C=O) groups excluding carboxylic acids is 1. The summed E-state index contributed by atoms with van der Waals surface area (Å²) in [6.45, 7) is 0.397. The second-order valence-corrected chi connectivity index (χ2v) is 16.1. The standard InChI is InChI=1S/C42H45N3O6S/c46-24-26-7-9-31(10-8-26)37-19-34(25-52-38-36(39(47)48)6-3-15-43-38)50-40(51-37)32-13-11-30(12-14-32)35-5-2-1-4-33(35)23-44-41(49)45-42-20-27-16-28(21-42)18-29(17-27)22-42/h1-15,27-29,34,37,40,46H,16-25H2,(H,47,48)(H2,44,45,49). The normalized spacial score (nSPS) is 27.6. The summed E-state index contributed by atoms with van der Waals surface area (Å²) in [5.41, 5.74) is 5.93. The zero-order valence-corrected chi connectivity index (χ0v) is 29.9. The van der Waals surface area contributed by atoms with Gasteiger partial charge in [0.15, 0.2) is 6.29 Å². The van der Waals surface area contributed by atoms with Gasteiger partial charge in [0.25, 0.3) is 0 Å². The Morgan fingerprint density at radius 2 is 1.52 bits per heavy atom. The van der Waals surface area contributed by atoms with Gasteiger partial charge >= 0.3 is 12.0 Å². The van der Waals surface area contributed by atoms with E-state index in [1.807, 2.05) is 48.5 Å². The van der Waals surface area contributed by atoms with Crippen LogP contribution in [0.4, 0.5) is 4.79 Å². The number of thioether (sulfide) groups is 1. The second-order valence-electron chi connectivity index (χ2n) is 15.1. The quantitative estimate of drug-likeness (QED) is 0.115. The predicted octanol–water partition coefficient (Wildman–Crippen LogP) is 8.04. The number of benzene rings is 3. The number of carboxylic acids is 1. The van der Waals surface area contributed by atoms with Crippen LogP contribution in [-0.4, -0.2) is 44.6 Å². The lowest BCUT2D eigenvalue weighted by atomic mass is 9.53. The van der Waals surface area contributed by atoms with E-state index < -0.39 is 12.3 Å². The molecule has 1 aliphatic heterocycles. The lowest BCUT2D eigenvalue weighted by molar-refractivity contribution is -0.245. The van der Waals surface area contributed by atoms with Crippen molar-refractivity contribution in [3.8, 4) is 11.1 Å². The fourth-order valence-electron chi connectivity index (χ4n) is 9.36. The van der Waals surface area contributed by atoms with E-state index in [4.69, 9.17) is 9.47 Å². The summed E-state index contributed by atoms with van der Waals surface area (Å²) in [5, 5.41) is 26.3. The van der Waals surface area contributed by atoms with Gasteiger partial charge in [0.1, 0.15) is 5.03 Å². The number of aliphatic hydroxyl groups excluding tert-OH is 1. The van der Waals surface area contributed by atoms with Gasteiger partial charge in [0.2, 0.25) is 0 Å². The number of pyridine rings is 1. The number of aliphatic hydroxyl groups is 1. The highest BCUT2D eigenvalue weighted by atomic mass is 32.2. The number of ether oxygens (including phenoxy) is 2. The number of amides is 2. The molecule has 270 valence electrons. The van der Waals surface area contributed by atoms with Crippen LogP contribution >= 0.6 is 11.8 Å². The summed E-state index contributed by atoms with van der Waals surface area (Å²) in [7, 11) is 0. The van der Waals surface area contributed by atoms with Crippen molar-refractivity contribution in [2.75, 3.05) is 5.75 Å². The average molecular weight is 720 g/mol. The Morgan fingerprint density at radius 3 is 2.21 bits per heavy atom. The molecule has 5 fully saturated rings. The van der Waals surface area contributed by atoms with Gasteiger partial charge in [-0.05, 0) is 96.2 Å². The van der Waals surface area contributed by atoms with E-state index in [2.05, 4.69) is 39.9 Å². The number of hydrogen-bond donors (Lipinski definition) is 4. The van der Waals surface area contributed by atoms with Crippen LogP contribution in [-0.2, 0) is 22.6 Å². The van der Waals surface area contributed by atoms with Gasteiger partial charge in [-0.1, -0.05) is 72.8 Å². The zero-order chi connectivity index (χ0) is 35.7. The molecule has 1 saturated heterocycles.